The van der Waals surface area contributed by atoms with E-state index in [1.54, 1.807) is 7.11 Å². The molecular weight excluding hydrogens is 148 g/mol. The second kappa shape index (κ2) is 4.97. The monoisotopic (exact) mass is 164 g/mol. The molecule has 0 N–H and O–H groups in total. The number of ether oxygens (including phenoxy) is 1. The largest absolute Gasteiger partial charge is 0.384 e. The lowest BCUT2D eigenvalue weighted by molar-refractivity contribution is 0.100. The normalized spacial score (nSPS) is 16.8. The summed E-state index contributed by atoms with van der Waals surface area (Å²) in [5, 5.41) is 0. The van der Waals surface area contributed by atoms with E-state index in [9.17, 15) is 0 Å². The molecule has 0 aromatic heterocycles. The Balaban J connectivity index is 3.69. The zero-order valence-corrected chi connectivity index (χ0v) is 7.87. The number of alkyl halides is 1. The Morgan fingerprint density at radius 2 is 2.10 bits per heavy atom. The van der Waals surface area contributed by atoms with Crippen LogP contribution in [0.1, 0.15) is 26.7 Å². The predicted molar refractivity (Wildman–Crippen MR) is 45.6 cm³/mol. The lowest BCUT2D eigenvalue weighted by atomic mass is 9.89. The first-order valence-corrected chi connectivity index (χ1v) is 4.27. The molecule has 0 aromatic carbocycles. The van der Waals surface area contributed by atoms with Gasteiger partial charge in [0.2, 0.25) is 0 Å². The summed E-state index contributed by atoms with van der Waals surface area (Å²) in [5.74, 6) is 0.689. The predicted octanol–water partition coefficient (Wildman–Crippen LogP) is 2.68. The van der Waals surface area contributed by atoms with Crippen LogP contribution in [0.4, 0.5) is 0 Å². The van der Waals surface area contributed by atoms with Gasteiger partial charge >= 0.3 is 0 Å². The average Bonchev–Trinajstić information content (AvgIpc) is 1.89. The highest BCUT2D eigenvalue weighted by Gasteiger charge is 2.21. The van der Waals surface area contributed by atoms with E-state index >= 15 is 0 Å². The van der Waals surface area contributed by atoms with Crippen LogP contribution in [0.5, 0.6) is 0 Å². The molecule has 0 bridgehead atoms. The van der Waals surface area contributed by atoms with Gasteiger partial charge in [-0.2, -0.15) is 0 Å². The van der Waals surface area contributed by atoms with Crippen LogP contribution in [-0.2, 0) is 4.74 Å². The molecule has 0 heterocycles. The van der Waals surface area contributed by atoms with Crippen molar-refractivity contribution in [3.63, 3.8) is 0 Å². The number of halogens is 1. The van der Waals surface area contributed by atoms with E-state index in [-0.39, 0.29) is 5.41 Å². The van der Waals surface area contributed by atoms with Crippen molar-refractivity contribution in [3.05, 3.63) is 0 Å². The standard InChI is InChI=1S/C8H17ClO/c1-4-5-8(2,6-9)7-10-3/h4-7H2,1-3H3. The minimum absolute atomic E-state index is 0.186. The van der Waals surface area contributed by atoms with Gasteiger partial charge in [0.05, 0.1) is 6.61 Å². The molecule has 0 spiro atoms. The highest BCUT2D eigenvalue weighted by molar-refractivity contribution is 6.18. The van der Waals surface area contributed by atoms with Gasteiger partial charge in [0.15, 0.2) is 0 Å². The molecule has 0 aromatic rings. The topological polar surface area (TPSA) is 9.23 Å². The lowest BCUT2D eigenvalue weighted by Crippen LogP contribution is -2.24. The summed E-state index contributed by atoms with van der Waals surface area (Å²) < 4.78 is 5.07. The zero-order chi connectivity index (χ0) is 8.04. The average molecular weight is 165 g/mol. The first kappa shape index (κ1) is 10.2. The van der Waals surface area contributed by atoms with Crippen molar-refractivity contribution in [2.45, 2.75) is 26.7 Å². The van der Waals surface area contributed by atoms with E-state index in [0.29, 0.717) is 5.88 Å². The molecule has 0 radical (unpaired) electrons. The molecule has 0 aliphatic rings. The van der Waals surface area contributed by atoms with Crippen LogP contribution in [-0.4, -0.2) is 19.6 Å². The third kappa shape index (κ3) is 3.43. The fourth-order valence-corrected chi connectivity index (χ4v) is 1.34. The highest BCUT2D eigenvalue weighted by atomic mass is 35.5. The SMILES string of the molecule is CCCC(C)(CCl)COC. The van der Waals surface area contributed by atoms with Crippen LogP contribution in [0.3, 0.4) is 0 Å². The molecule has 0 saturated carbocycles. The van der Waals surface area contributed by atoms with Gasteiger partial charge in [-0.05, 0) is 6.42 Å². The Kier molecular flexibility index (Phi) is 5.10. The number of rotatable bonds is 5. The zero-order valence-electron chi connectivity index (χ0n) is 7.11. The van der Waals surface area contributed by atoms with E-state index in [1.165, 1.54) is 6.42 Å². The van der Waals surface area contributed by atoms with E-state index < -0.39 is 0 Å². The summed E-state index contributed by atoms with van der Waals surface area (Å²) >= 11 is 5.79. The van der Waals surface area contributed by atoms with Gasteiger partial charge in [0.1, 0.15) is 0 Å². The molecule has 0 fully saturated rings. The van der Waals surface area contributed by atoms with Crippen LogP contribution in [0, 0.1) is 5.41 Å². The Morgan fingerprint density at radius 1 is 1.50 bits per heavy atom. The maximum atomic E-state index is 5.79. The molecule has 1 unspecified atom stereocenters. The van der Waals surface area contributed by atoms with E-state index in [2.05, 4.69) is 13.8 Å². The summed E-state index contributed by atoms with van der Waals surface area (Å²) in [6.07, 6.45) is 2.32. The minimum atomic E-state index is 0.186. The summed E-state index contributed by atoms with van der Waals surface area (Å²) in [6, 6.07) is 0. The van der Waals surface area contributed by atoms with Crippen LogP contribution in [0.15, 0.2) is 0 Å². The molecule has 0 aliphatic carbocycles. The number of methoxy groups -OCH3 is 1. The Morgan fingerprint density at radius 3 is 2.40 bits per heavy atom. The van der Waals surface area contributed by atoms with Crippen molar-refractivity contribution in [1.29, 1.82) is 0 Å². The van der Waals surface area contributed by atoms with Gasteiger partial charge in [0, 0.05) is 18.4 Å². The van der Waals surface area contributed by atoms with Gasteiger partial charge in [-0.15, -0.1) is 11.6 Å². The summed E-state index contributed by atoms with van der Waals surface area (Å²) in [6.45, 7) is 5.10. The van der Waals surface area contributed by atoms with Gasteiger partial charge in [-0.25, -0.2) is 0 Å². The fraction of sp³-hybridized carbons (Fsp3) is 1.00. The molecular formula is C8H17ClO. The van der Waals surface area contributed by atoms with E-state index in [4.69, 9.17) is 16.3 Å². The summed E-state index contributed by atoms with van der Waals surface area (Å²) in [7, 11) is 1.72. The Bertz CT molecular complexity index is 77.3. The molecule has 0 rings (SSSR count). The van der Waals surface area contributed by atoms with Crippen molar-refractivity contribution < 1.29 is 4.74 Å². The number of hydrogen-bond acceptors (Lipinski definition) is 1. The van der Waals surface area contributed by atoms with Crippen molar-refractivity contribution >= 4 is 11.6 Å². The molecule has 10 heavy (non-hydrogen) atoms. The quantitative estimate of drug-likeness (QED) is 0.568. The lowest BCUT2D eigenvalue weighted by Gasteiger charge is -2.25. The first-order chi connectivity index (χ1) is 4.68. The fourth-order valence-electron chi connectivity index (χ4n) is 1.13. The molecule has 1 nitrogen and oxygen atoms in total. The van der Waals surface area contributed by atoms with Crippen molar-refractivity contribution in [3.8, 4) is 0 Å². The van der Waals surface area contributed by atoms with E-state index in [0.717, 1.165) is 13.0 Å². The number of hydrogen-bond donors (Lipinski definition) is 0. The third-order valence-corrected chi connectivity index (χ3v) is 2.31. The molecule has 0 saturated heterocycles. The van der Waals surface area contributed by atoms with Crippen molar-refractivity contribution in [1.82, 2.24) is 0 Å². The highest BCUT2D eigenvalue weighted by Crippen LogP contribution is 2.24. The van der Waals surface area contributed by atoms with Crippen LogP contribution in [0.2, 0.25) is 0 Å². The van der Waals surface area contributed by atoms with Crippen molar-refractivity contribution in [2.75, 3.05) is 19.6 Å². The minimum Gasteiger partial charge on any atom is -0.384 e. The van der Waals surface area contributed by atoms with Crippen LogP contribution < -0.4 is 0 Å². The van der Waals surface area contributed by atoms with Gasteiger partial charge in [0.25, 0.3) is 0 Å². The molecule has 0 amide bonds. The van der Waals surface area contributed by atoms with Crippen molar-refractivity contribution in [2.24, 2.45) is 5.41 Å². The van der Waals surface area contributed by atoms with E-state index in [1.807, 2.05) is 0 Å². The molecule has 1 atom stereocenters. The van der Waals surface area contributed by atoms with Gasteiger partial charge < -0.3 is 4.74 Å². The van der Waals surface area contributed by atoms with Gasteiger partial charge in [-0.3, -0.25) is 0 Å². The second-order valence-corrected chi connectivity index (χ2v) is 3.39. The Hall–Kier alpha value is 0.250. The molecule has 2 heteroatoms. The third-order valence-electron chi connectivity index (χ3n) is 1.67. The smallest absolute Gasteiger partial charge is 0.0527 e. The van der Waals surface area contributed by atoms with Crippen LogP contribution in [0.25, 0.3) is 0 Å². The second-order valence-electron chi connectivity index (χ2n) is 3.13. The molecule has 62 valence electrons. The van der Waals surface area contributed by atoms with Gasteiger partial charge in [-0.1, -0.05) is 20.3 Å². The first-order valence-electron chi connectivity index (χ1n) is 3.73. The van der Waals surface area contributed by atoms with Crippen LogP contribution >= 0.6 is 11.6 Å². The Labute approximate surface area is 68.7 Å². The summed E-state index contributed by atoms with van der Waals surface area (Å²) in [4.78, 5) is 0. The maximum absolute atomic E-state index is 5.79. The maximum Gasteiger partial charge on any atom is 0.0527 e. The summed E-state index contributed by atoms with van der Waals surface area (Å²) in [5.41, 5.74) is 0.186. The molecule has 0 aliphatic heterocycles.